The van der Waals surface area contributed by atoms with Gasteiger partial charge in [-0.15, -0.1) is 0 Å². The normalized spacial score (nSPS) is 12.2. The van der Waals surface area contributed by atoms with Crippen molar-refractivity contribution in [2.45, 2.75) is 13.2 Å². The molecule has 3 nitrogen and oxygen atoms in total. The molecule has 1 unspecified atom stereocenters. The number of Topliss-reactive ketones (excluding diaryl/α,β-unsaturated/α-hetero) is 1. The van der Waals surface area contributed by atoms with E-state index in [0.29, 0.717) is 16.1 Å². The van der Waals surface area contributed by atoms with Crippen LogP contribution in [0.15, 0.2) is 42.5 Å². The lowest BCUT2D eigenvalue weighted by Crippen LogP contribution is -2.07. The molecule has 0 fully saturated rings. The molecule has 0 aromatic heterocycles. The Morgan fingerprint density at radius 3 is 2.37 bits per heavy atom. The summed E-state index contributed by atoms with van der Waals surface area (Å²) in [5.41, 5.74) is 8.28. The zero-order chi connectivity index (χ0) is 14.0. The number of nitrogens with two attached hydrogens (primary N) is 1. The van der Waals surface area contributed by atoms with E-state index in [9.17, 15) is 9.90 Å². The number of carbonyl (C=O) groups excluding carboxylic acids is 1. The number of ketones is 1. The van der Waals surface area contributed by atoms with Crippen molar-refractivity contribution < 1.29 is 9.90 Å². The van der Waals surface area contributed by atoms with Crippen molar-refractivity contribution in [2.75, 3.05) is 0 Å². The molecule has 0 aliphatic rings. The highest BCUT2D eigenvalue weighted by Crippen LogP contribution is 2.29. The van der Waals surface area contributed by atoms with Gasteiger partial charge in [-0.05, 0) is 36.2 Å². The summed E-state index contributed by atoms with van der Waals surface area (Å²) < 4.78 is 0. The Morgan fingerprint density at radius 2 is 1.84 bits per heavy atom. The van der Waals surface area contributed by atoms with Gasteiger partial charge in [0.15, 0.2) is 5.78 Å². The fourth-order valence-corrected chi connectivity index (χ4v) is 2.05. The van der Waals surface area contributed by atoms with Gasteiger partial charge in [0, 0.05) is 16.1 Å². The first-order valence-electron chi connectivity index (χ1n) is 5.83. The Balaban J connectivity index is 2.46. The van der Waals surface area contributed by atoms with Gasteiger partial charge in [-0.1, -0.05) is 35.9 Å². The molecule has 0 saturated carbocycles. The van der Waals surface area contributed by atoms with Crippen molar-refractivity contribution in [1.29, 1.82) is 0 Å². The molecule has 0 spiro atoms. The summed E-state index contributed by atoms with van der Waals surface area (Å²) >= 11 is 6.15. The molecule has 0 amide bonds. The average molecular weight is 276 g/mol. The van der Waals surface area contributed by atoms with Gasteiger partial charge in [-0.2, -0.15) is 0 Å². The van der Waals surface area contributed by atoms with Gasteiger partial charge in [0.1, 0.15) is 6.23 Å². The van der Waals surface area contributed by atoms with Crippen LogP contribution in [0.1, 0.15) is 29.1 Å². The maximum Gasteiger partial charge on any atom is 0.159 e. The van der Waals surface area contributed by atoms with E-state index in [1.165, 1.54) is 6.92 Å². The minimum atomic E-state index is -0.993. The molecule has 2 rings (SSSR count). The Labute approximate surface area is 116 Å². The highest BCUT2D eigenvalue weighted by Gasteiger charge is 2.08. The SMILES string of the molecule is CC(=O)c1ccc(Cl)c(-c2ccc(C(N)O)cc2)c1. The van der Waals surface area contributed by atoms with Crippen molar-refractivity contribution in [1.82, 2.24) is 0 Å². The van der Waals surface area contributed by atoms with Gasteiger partial charge in [0.05, 0.1) is 0 Å². The second-order valence-corrected chi connectivity index (χ2v) is 4.72. The highest BCUT2D eigenvalue weighted by molar-refractivity contribution is 6.33. The predicted molar refractivity (Wildman–Crippen MR) is 76.0 cm³/mol. The summed E-state index contributed by atoms with van der Waals surface area (Å²) in [6.07, 6.45) is -0.993. The lowest BCUT2D eigenvalue weighted by molar-refractivity contribution is 0.101. The molecule has 0 saturated heterocycles. The maximum atomic E-state index is 11.4. The first-order valence-corrected chi connectivity index (χ1v) is 6.21. The summed E-state index contributed by atoms with van der Waals surface area (Å²) in [4.78, 5) is 11.4. The molecule has 98 valence electrons. The number of hydrogen-bond donors (Lipinski definition) is 2. The van der Waals surface area contributed by atoms with Gasteiger partial charge in [0.25, 0.3) is 0 Å². The monoisotopic (exact) mass is 275 g/mol. The summed E-state index contributed by atoms with van der Waals surface area (Å²) in [6.45, 7) is 1.51. The summed E-state index contributed by atoms with van der Waals surface area (Å²) in [5, 5.41) is 9.84. The number of aliphatic hydroxyl groups excluding tert-OH is 1. The molecule has 4 heteroatoms. The molecule has 1 atom stereocenters. The van der Waals surface area contributed by atoms with E-state index in [1.54, 1.807) is 30.3 Å². The lowest BCUT2D eigenvalue weighted by atomic mass is 10.00. The third-order valence-corrected chi connectivity index (χ3v) is 3.27. The standard InChI is InChI=1S/C15H14ClNO2/c1-9(18)12-6-7-14(16)13(8-12)10-2-4-11(5-3-10)15(17)19/h2-8,15,19H,17H2,1H3. The third-order valence-electron chi connectivity index (χ3n) is 2.94. The minimum absolute atomic E-state index is 0.00748. The molecule has 0 heterocycles. The van der Waals surface area contributed by atoms with Crippen molar-refractivity contribution in [2.24, 2.45) is 5.73 Å². The molecule has 2 aromatic carbocycles. The summed E-state index contributed by atoms with van der Waals surface area (Å²) in [6, 6.07) is 12.3. The van der Waals surface area contributed by atoms with Gasteiger partial charge in [-0.25, -0.2) is 0 Å². The number of benzene rings is 2. The van der Waals surface area contributed by atoms with Crippen LogP contribution in [0.25, 0.3) is 11.1 Å². The molecule has 3 N–H and O–H groups in total. The second-order valence-electron chi connectivity index (χ2n) is 4.32. The van der Waals surface area contributed by atoms with Gasteiger partial charge in [0.2, 0.25) is 0 Å². The van der Waals surface area contributed by atoms with Gasteiger partial charge in [-0.3, -0.25) is 4.79 Å². The van der Waals surface area contributed by atoms with E-state index in [0.717, 1.165) is 11.1 Å². The Morgan fingerprint density at radius 1 is 1.21 bits per heavy atom. The average Bonchev–Trinajstić information content (AvgIpc) is 2.39. The molecule has 0 aliphatic carbocycles. The van der Waals surface area contributed by atoms with Gasteiger partial charge >= 0.3 is 0 Å². The summed E-state index contributed by atoms with van der Waals surface area (Å²) in [5.74, 6) is -0.00748. The quantitative estimate of drug-likeness (QED) is 0.668. The first-order chi connectivity index (χ1) is 8.99. The van der Waals surface area contributed by atoms with Crippen LogP contribution in [0.2, 0.25) is 5.02 Å². The minimum Gasteiger partial charge on any atom is -0.375 e. The molecular weight excluding hydrogens is 262 g/mol. The van der Waals surface area contributed by atoms with Crippen LogP contribution in [0.3, 0.4) is 0 Å². The van der Waals surface area contributed by atoms with Crippen molar-refractivity contribution >= 4 is 17.4 Å². The van der Waals surface area contributed by atoms with E-state index in [-0.39, 0.29) is 5.78 Å². The zero-order valence-corrected chi connectivity index (χ0v) is 11.2. The maximum absolute atomic E-state index is 11.4. The van der Waals surface area contributed by atoms with Crippen molar-refractivity contribution in [3.63, 3.8) is 0 Å². The molecule has 0 radical (unpaired) electrons. The van der Waals surface area contributed by atoms with Crippen LogP contribution in [0.4, 0.5) is 0 Å². The molecule has 0 aliphatic heterocycles. The van der Waals surface area contributed by atoms with Crippen LogP contribution in [-0.4, -0.2) is 10.9 Å². The van der Waals surface area contributed by atoms with Crippen LogP contribution in [0, 0.1) is 0 Å². The summed E-state index contributed by atoms with van der Waals surface area (Å²) in [7, 11) is 0. The van der Waals surface area contributed by atoms with E-state index >= 15 is 0 Å². The Bertz CT molecular complexity index is 606. The largest absolute Gasteiger partial charge is 0.375 e. The first kappa shape index (κ1) is 13.7. The number of hydrogen-bond acceptors (Lipinski definition) is 3. The highest BCUT2D eigenvalue weighted by atomic mass is 35.5. The van der Waals surface area contributed by atoms with Crippen molar-refractivity contribution in [3.8, 4) is 11.1 Å². The number of aliphatic hydroxyl groups is 1. The second kappa shape index (κ2) is 5.53. The lowest BCUT2D eigenvalue weighted by Gasteiger charge is -2.09. The van der Waals surface area contributed by atoms with Crippen LogP contribution in [0.5, 0.6) is 0 Å². The number of carbonyl (C=O) groups is 1. The third kappa shape index (κ3) is 3.01. The Hall–Kier alpha value is -1.68. The fraction of sp³-hybridized carbons (Fsp3) is 0.133. The van der Waals surface area contributed by atoms with Crippen LogP contribution >= 0.6 is 11.6 Å². The predicted octanol–water partition coefficient (Wildman–Crippen LogP) is 3.16. The molecule has 0 bridgehead atoms. The van der Waals surface area contributed by atoms with E-state index in [1.807, 2.05) is 12.1 Å². The van der Waals surface area contributed by atoms with Crippen molar-refractivity contribution in [3.05, 3.63) is 58.6 Å². The number of rotatable bonds is 3. The molecule has 2 aromatic rings. The fourth-order valence-electron chi connectivity index (χ4n) is 1.83. The molecule has 19 heavy (non-hydrogen) atoms. The topological polar surface area (TPSA) is 63.3 Å². The van der Waals surface area contributed by atoms with Crippen LogP contribution in [-0.2, 0) is 0 Å². The zero-order valence-electron chi connectivity index (χ0n) is 10.4. The smallest absolute Gasteiger partial charge is 0.159 e. The van der Waals surface area contributed by atoms with E-state index in [2.05, 4.69) is 0 Å². The number of halogens is 1. The molecular formula is C15H14ClNO2. The Kier molecular flexibility index (Phi) is 4.00. The van der Waals surface area contributed by atoms with E-state index in [4.69, 9.17) is 17.3 Å². The van der Waals surface area contributed by atoms with Gasteiger partial charge < -0.3 is 10.8 Å². The van der Waals surface area contributed by atoms with Crippen LogP contribution < -0.4 is 5.73 Å². The van der Waals surface area contributed by atoms with E-state index < -0.39 is 6.23 Å².